The Labute approximate surface area is 111 Å². The maximum Gasteiger partial charge on any atom is 0.219 e. The lowest BCUT2D eigenvalue weighted by Gasteiger charge is -2.27. The molecule has 102 valence electrons. The molecule has 0 bridgehead atoms. The zero-order valence-electron chi connectivity index (χ0n) is 11.1. The number of aliphatic hydroxyl groups excluding tert-OH is 1. The molecule has 0 aliphatic heterocycles. The molecule has 6 nitrogen and oxygen atoms in total. The second-order valence-electron chi connectivity index (χ2n) is 5.23. The van der Waals surface area contributed by atoms with Crippen molar-refractivity contribution in [3.05, 3.63) is 24.0 Å². The van der Waals surface area contributed by atoms with Gasteiger partial charge in [-0.15, -0.1) is 0 Å². The summed E-state index contributed by atoms with van der Waals surface area (Å²) in [5.41, 5.74) is 12.6. The summed E-state index contributed by atoms with van der Waals surface area (Å²) in [6.07, 6.45) is 0.163. The minimum atomic E-state index is -0.561. The Hall–Kier alpha value is -2.08. The van der Waals surface area contributed by atoms with Crippen molar-refractivity contribution in [3.8, 4) is 0 Å². The molecular weight excluding hydrogens is 244 g/mol. The lowest BCUT2D eigenvalue weighted by Crippen LogP contribution is -2.33. The van der Waals surface area contributed by atoms with Gasteiger partial charge < -0.3 is 21.1 Å². The predicted molar refractivity (Wildman–Crippen MR) is 73.2 cm³/mol. The molecule has 0 aliphatic carbocycles. The Morgan fingerprint density at radius 2 is 2.16 bits per heavy atom. The SMILES string of the molecule is CC(C)(CC(N)=O)n1c(CO)nc2cc(N)ccc21. The maximum atomic E-state index is 11.2. The van der Waals surface area contributed by atoms with Crippen LogP contribution in [0.4, 0.5) is 5.69 Å². The van der Waals surface area contributed by atoms with Crippen LogP contribution in [0.3, 0.4) is 0 Å². The van der Waals surface area contributed by atoms with Crippen LogP contribution in [0.25, 0.3) is 11.0 Å². The Bertz CT molecular complexity index is 631. The first-order chi connectivity index (χ1) is 8.85. The van der Waals surface area contributed by atoms with Crippen LogP contribution >= 0.6 is 0 Å². The first-order valence-corrected chi connectivity index (χ1v) is 6.01. The molecule has 1 amide bonds. The Morgan fingerprint density at radius 1 is 1.47 bits per heavy atom. The first-order valence-electron chi connectivity index (χ1n) is 6.01. The number of amides is 1. The van der Waals surface area contributed by atoms with Crippen molar-refractivity contribution in [1.29, 1.82) is 0 Å². The van der Waals surface area contributed by atoms with E-state index in [9.17, 15) is 9.90 Å². The summed E-state index contributed by atoms with van der Waals surface area (Å²) in [6, 6.07) is 5.34. The summed E-state index contributed by atoms with van der Waals surface area (Å²) in [4.78, 5) is 15.6. The number of fused-ring (bicyclic) bond motifs is 1. The second-order valence-corrected chi connectivity index (χ2v) is 5.23. The number of nitrogens with two attached hydrogens (primary N) is 2. The molecule has 0 radical (unpaired) electrons. The standard InChI is InChI=1S/C13H18N4O2/c1-13(2,6-11(15)19)17-10-4-3-8(14)5-9(10)16-12(17)7-18/h3-5,18H,6-7,14H2,1-2H3,(H2,15,19). The second kappa shape index (κ2) is 4.55. The molecule has 1 aromatic heterocycles. The first kappa shape index (κ1) is 13.4. The molecule has 0 atom stereocenters. The number of hydrogen-bond donors (Lipinski definition) is 3. The number of aromatic nitrogens is 2. The minimum Gasteiger partial charge on any atom is -0.399 e. The fourth-order valence-electron chi connectivity index (χ4n) is 2.43. The number of carbonyl (C=O) groups is 1. The molecule has 5 N–H and O–H groups in total. The zero-order chi connectivity index (χ0) is 14.2. The minimum absolute atomic E-state index is 0.163. The third-order valence-electron chi connectivity index (χ3n) is 3.10. The van der Waals surface area contributed by atoms with E-state index in [-0.39, 0.29) is 13.0 Å². The molecule has 19 heavy (non-hydrogen) atoms. The molecule has 0 spiro atoms. The molecule has 0 saturated carbocycles. The van der Waals surface area contributed by atoms with Crippen molar-refractivity contribution < 1.29 is 9.90 Å². The van der Waals surface area contributed by atoms with Gasteiger partial charge in [0.05, 0.1) is 11.0 Å². The highest BCUT2D eigenvalue weighted by Crippen LogP contribution is 2.29. The van der Waals surface area contributed by atoms with E-state index >= 15 is 0 Å². The van der Waals surface area contributed by atoms with Gasteiger partial charge in [0.1, 0.15) is 12.4 Å². The Kier molecular flexibility index (Phi) is 3.20. The van der Waals surface area contributed by atoms with Crippen molar-refractivity contribution in [1.82, 2.24) is 9.55 Å². The fourth-order valence-corrected chi connectivity index (χ4v) is 2.43. The third-order valence-corrected chi connectivity index (χ3v) is 3.10. The van der Waals surface area contributed by atoms with Gasteiger partial charge in [0.2, 0.25) is 5.91 Å². The maximum absolute atomic E-state index is 11.2. The Balaban J connectivity index is 2.66. The van der Waals surface area contributed by atoms with Crippen LogP contribution in [-0.2, 0) is 16.9 Å². The van der Waals surface area contributed by atoms with E-state index in [1.807, 2.05) is 24.5 Å². The topological polar surface area (TPSA) is 107 Å². The highest BCUT2D eigenvalue weighted by Gasteiger charge is 2.27. The van der Waals surface area contributed by atoms with Crippen molar-refractivity contribution in [3.63, 3.8) is 0 Å². The highest BCUT2D eigenvalue weighted by molar-refractivity contribution is 5.81. The number of imidazole rings is 1. The summed E-state index contributed by atoms with van der Waals surface area (Å²) >= 11 is 0. The Morgan fingerprint density at radius 3 is 2.74 bits per heavy atom. The lowest BCUT2D eigenvalue weighted by molar-refractivity contribution is -0.119. The van der Waals surface area contributed by atoms with Gasteiger partial charge in [-0.25, -0.2) is 4.98 Å². The van der Waals surface area contributed by atoms with Crippen molar-refractivity contribution in [2.75, 3.05) is 5.73 Å². The summed E-state index contributed by atoms with van der Waals surface area (Å²) in [5.74, 6) is 0.0954. The third kappa shape index (κ3) is 2.39. The number of nitrogen functional groups attached to an aromatic ring is 1. The summed E-state index contributed by atoms with van der Waals surface area (Å²) in [6.45, 7) is 3.56. The molecule has 2 rings (SSSR count). The normalized spacial score (nSPS) is 11.9. The summed E-state index contributed by atoms with van der Waals surface area (Å²) in [7, 11) is 0. The van der Waals surface area contributed by atoms with E-state index in [0.717, 1.165) is 5.52 Å². The van der Waals surface area contributed by atoms with Crippen molar-refractivity contribution in [2.24, 2.45) is 5.73 Å². The van der Waals surface area contributed by atoms with E-state index in [4.69, 9.17) is 11.5 Å². The van der Waals surface area contributed by atoms with Gasteiger partial charge >= 0.3 is 0 Å². The van der Waals surface area contributed by atoms with Gasteiger partial charge in [0.25, 0.3) is 0 Å². The van der Waals surface area contributed by atoms with E-state index < -0.39 is 11.4 Å². The van der Waals surface area contributed by atoms with Crippen LogP contribution in [0.5, 0.6) is 0 Å². The number of anilines is 1. The van der Waals surface area contributed by atoms with E-state index in [1.165, 1.54) is 0 Å². The highest BCUT2D eigenvalue weighted by atomic mass is 16.3. The van der Waals surface area contributed by atoms with Crippen LogP contribution < -0.4 is 11.5 Å². The van der Waals surface area contributed by atoms with Crippen LogP contribution in [0.1, 0.15) is 26.1 Å². The van der Waals surface area contributed by atoms with E-state index in [1.54, 1.807) is 12.1 Å². The van der Waals surface area contributed by atoms with E-state index in [2.05, 4.69) is 4.98 Å². The molecular formula is C13H18N4O2. The zero-order valence-corrected chi connectivity index (χ0v) is 11.1. The molecule has 1 heterocycles. The van der Waals surface area contributed by atoms with Crippen LogP contribution in [0, 0.1) is 0 Å². The summed E-state index contributed by atoms with van der Waals surface area (Å²) in [5, 5.41) is 9.46. The molecule has 1 aromatic carbocycles. The van der Waals surface area contributed by atoms with Gasteiger partial charge in [-0.05, 0) is 32.0 Å². The molecule has 6 heteroatoms. The van der Waals surface area contributed by atoms with Gasteiger partial charge in [-0.1, -0.05) is 0 Å². The van der Waals surface area contributed by atoms with Gasteiger partial charge in [-0.2, -0.15) is 0 Å². The van der Waals surface area contributed by atoms with E-state index in [0.29, 0.717) is 17.0 Å². The van der Waals surface area contributed by atoms with Gasteiger partial charge in [0.15, 0.2) is 0 Å². The van der Waals surface area contributed by atoms with Gasteiger partial charge in [-0.3, -0.25) is 4.79 Å². The number of aliphatic hydroxyl groups is 1. The largest absolute Gasteiger partial charge is 0.399 e. The smallest absolute Gasteiger partial charge is 0.219 e. The number of carbonyl (C=O) groups excluding carboxylic acids is 1. The van der Waals surface area contributed by atoms with Gasteiger partial charge in [0, 0.05) is 17.6 Å². The number of hydrogen-bond acceptors (Lipinski definition) is 4. The van der Waals surface area contributed by atoms with Crippen molar-refractivity contribution >= 4 is 22.6 Å². The number of nitrogens with zero attached hydrogens (tertiary/aromatic N) is 2. The summed E-state index contributed by atoms with van der Waals surface area (Å²) < 4.78 is 1.84. The van der Waals surface area contributed by atoms with Crippen LogP contribution in [0.15, 0.2) is 18.2 Å². The fraction of sp³-hybridized carbons (Fsp3) is 0.385. The monoisotopic (exact) mass is 262 g/mol. The molecule has 0 unspecified atom stereocenters. The number of primary amides is 1. The van der Waals surface area contributed by atoms with Crippen molar-refractivity contribution in [2.45, 2.75) is 32.4 Å². The average molecular weight is 262 g/mol. The van der Waals surface area contributed by atoms with Crippen LogP contribution in [0.2, 0.25) is 0 Å². The molecule has 0 saturated heterocycles. The number of benzene rings is 1. The quantitative estimate of drug-likeness (QED) is 0.705. The molecule has 0 aliphatic rings. The lowest BCUT2D eigenvalue weighted by atomic mass is 9.99. The predicted octanol–water partition coefficient (Wildman–Crippen LogP) is 0.721. The molecule has 2 aromatic rings. The molecule has 0 fully saturated rings. The number of rotatable bonds is 4. The average Bonchev–Trinajstić information content (AvgIpc) is 2.65. The van der Waals surface area contributed by atoms with Crippen LogP contribution in [-0.4, -0.2) is 20.6 Å².